The first kappa shape index (κ1) is 11.0. The summed E-state index contributed by atoms with van der Waals surface area (Å²) in [6.07, 6.45) is 1.74. The number of aryl methyl sites for hydroxylation is 1. The van der Waals surface area contributed by atoms with Crippen LogP contribution in [0.25, 0.3) is 11.0 Å². The number of aromatic nitrogens is 2. The van der Waals surface area contributed by atoms with E-state index in [9.17, 15) is 0 Å². The number of para-hydroxylation sites is 1. The highest BCUT2D eigenvalue weighted by Crippen LogP contribution is 2.27. The average Bonchev–Trinajstić information content (AvgIpc) is 2.97. The maximum absolute atomic E-state index is 5.82. The number of rotatable bonds is 3. The molecule has 5 nitrogen and oxygen atoms in total. The fourth-order valence-corrected chi connectivity index (χ4v) is 2.13. The Morgan fingerprint density at radius 3 is 2.83 bits per heavy atom. The van der Waals surface area contributed by atoms with Gasteiger partial charge in [-0.25, -0.2) is 5.43 Å². The largest absolute Gasteiger partial charge is 0.459 e. The number of nitrogens with zero attached hydrogens (tertiary/aromatic N) is 2. The van der Waals surface area contributed by atoms with Crippen LogP contribution in [-0.4, -0.2) is 9.78 Å². The fourth-order valence-electron chi connectivity index (χ4n) is 2.13. The third-order valence-corrected chi connectivity index (χ3v) is 3.05. The molecule has 1 unspecified atom stereocenters. The van der Waals surface area contributed by atoms with Gasteiger partial charge in [0.15, 0.2) is 0 Å². The molecule has 0 aliphatic heterocycles. The topological polar surface area (TPSA) is 69.0 Å². The minimum Gasteiger partial charge on any atom is -0.459 e. The number of benzene rings is 1. The van der Waals surface area contributed by atoms with Crippen LogP contribution < -0.4 is 11.3 Å². The molecule has 0 radical (unpaired) electrons. The number of hydrazine groups is 1. The molecule has 3 aromatic rings. The zero-order valence-corrected chi connectivity index (χ0v) is 10.00. The van der Waals surface area contributed by atoms with Crippen molar-refractivity contribution >= 4 is 11.0 Å². The monoisotopic (exact) mass is 242 g/mol. The van der Waals surface area contributed by atoms with Gasteiger partial charge < -0.3 is 4.42 Å². The van der Waals surface area contributed by atoms with E-state index >= 15 is 0 Å². The quantitative estimate of drug-likeness (QED) is 0.542. The zero-order valence-electron chi connectivity index (χ0n) is 10.00. The van der Waals surface area contributed by atoms with Gasteiger partial charge in [0, 0.05) is 18.6 Å². The van der Waals surface area contributed by atoms with Crippen molar-refractivity contribution in [2.45, 2.75) is 6.04 Å². The van der Waals surface area contributed by atoms with E-state index in [2.05, 4.69) is 10.5 Å². The Labute approximate surface area is 104 Å². The zero-order chi connectivity index (χ0) is 12.5. The van der Waals surface area contributed by atoms with Gasteiger partial charge >= 0.3 is 0 Å². The summed E-state index contributed by atoms with van der Waals surface area (Å²) in [6.45, 7) is 0. The van der Waals surface area contributed by atoms with Crippen molar-refractivity contribution in [2.24, 2.45) is 12.9 Å². The lowest BCUT2D eigenvalue weighted by Gasteiger charge is -2.13. The molecule has 2 heterocycles. The molecule has 18 heavy (non-hydrogen) atoms. The molecule has 0 aliphatic carbocycles. The normalized spacial score (nSPS) is 13.0. The molecule has 3 rings (SSSR count). The Morgan fingerprint density at radius 2 is 2.17 bits per heavy atom. The number of fused-ring (bicyclic) bond motifs is 1. The molecule has 1 aromatic carbocycles. The molecule has 5 heteroatoms. The van der Waals surface area contributed by atoms with E-state index in [0.29, 0.717) is 0 Å². The Kier molecular flexibility index (Phi) is 2.62. The van der Waals surface area contributed by atoms with Gasteiger partial charge in [0.25, 0.3) is 0 Å². The Bertz CT molecular complexity index is 637. The van der Waals surface area contributed by atoms with Gasteiger partial charge in [0.1, 0.15) is 17.4 Å². The summed E-state index contributed by atoms with van der Waals surface area (Å²) in [5.74, 6) is 6.42. The molecule has 92 valence electrons. The van der Waals surface area contributed by atoms with Crippen molar-refractivity contribution in [3.63, 3.8) is 0 Å². The minimum absolute atomic E-state index is 0.204. The lowest BCUT2D eigenvalue weighted by atomic mass is 10.1. The predicted molar refractivity (Wildman–Crippen MR) is 68.6 cm³/mol. The first-order valence-corrected chi connectivity index (χ1v) is 5.72. The van der Waals surface area contributed by atoms with Gasteiger partial charge in [-0.15, -0.1) is 0 Å². The highest BCUT2D eigenvalue weighted by molar-refractivity contribution is 5.77. The minimum atomic E-state index is -0.204. The maximum Gasteiger partial charge on any atom is 0.134 e. The molecule has 0 amide bonds. The number of nitrogens with one attached hydrogen (secondary N) is 1. The van der Waals surface area contributed by atoms with E-state index in [1.54, 1.807) is 10.9 Å². The molecule has 0 saturated carbocycles. The van der Waals surface area contributed by atoms with Gasteiger partial charge in [0.05, 0.1) is 5.69 Å². The van der Waals surface area contributed by atoms with Gasteiger partial charge in [-0.3, -0.25) is 10.5 Å². The van der Waals surface area contributed by atoms with E-state index < -0.39 is 0 Å². The van der Waals surface area contributed by atoms with Gasteiger partial charge in [-0.1, -0.05) is 18.2 Å². The van der Waals surface area contributed by atoms with Crippen LogP contribution in [0.2, 0.25) is 0 Å². The SMILES string of the molecule is Cn1nccc1C(NN)c1cc2ccccc2o1. The summed E-state index contributed by atoms with van der Waals surface area (Å²) in [5.41, 5.74) is 4.58. The molecule has 1 atom stereocenters. The predicted octanol–water partition coefficient (Wildman–Crippen LogP) is 1.72. The van der Waals surface area contributed by atoms with E-state index in [0.717, 1.165) is 22.4 Å². The molecule has 0 spiro atoms. The lowest BCUT2D eigenvalue weighted by Crippen LogP contribution is -2.30. The smallest absolute Gasteiger partial charge is 0.134 e. The van der Waals surface area contributed by atoms with Gasteiger partial charge in [-0.2, -0.15) is 5.10 Å². The van der Waals surface area contributed by atoms with Crippen LogP contribution in [-0.2, 0) is 7.05 Å². The van der Waals surface area contributed by atoms with E-state index in [-0.39, 0.29) is 6.04 Å². The third kappa shape index (κ3) is 1.70. The van der Waals surface area contributed by atoms with Gasteiger partial charge in [0.2, 0.25) is 0 Å². The van der Waals surface area contributed by atoms with E-state index in [4.69, 9.17) is 10.3 Å². The van der Waals surface area contributed by atoms with Crippen LogP contribution >= 0.6 is 0 Å². The second kappa shape index (κ2) is 4.29. The fraction of sp³-hybridized carbons (Fsp3) is 0.154. The molecule has 0 bridgehead atoms. The average molecular weight is 242 g/mol. The molecular formula is C13H14N4O. The number of hydrogen-bond donors (Lipinski definition) is 2. The summed E-state index contributed by atoms with van der Waals surface area (Å²) in [4.78, 5) is 0. The van der Waals surface area contributed by atoms with Crippen molar-refractivity contribution in [1.29, 1.82) is 0 Å². The number of furan rings is 1. The van der Waals surface area contributed by atoms with E-state index in [1.165, 1.54) is 0 Å². The molecule has 0 aliphatic rings. The third-order valence-electron chi connectivity index (χ3n) is 3.05. The summed E-state index contributed by atoms with van der Waals surface area (Å²) < 4.78 is 7.59. The summed E-state index contributed by atoms with van der Waals surface area (Å²) in [6, 6.07) is 11.6. The molecule has 3 N–H and O–H groups in total. The molecule has 0 fully saturated rings. The van der Waals surface area contributed by atoms with Crippen LogP contribution in [0.15, 0.2) is 47.0 Å². The standard InChI is InChI=1S/C13H14N4O/c1-17-10(6-7-15-17)13(16-14)12-8-9-4-2-3-5-11(9)18-12/h2-8,13,16H,14H2,1H3. The van der Waals surface area contributed by atoms with E-state index in [1.807, 2.05) is 43.4 Å². The maximum atomic E-state index is 5.82. The second-order valence-corrected chi connectivity index (χ2v) is 4.17. The second-order valence-electron chi connectivity index (χ2n) is 4.17. The van der Waals surface area contributed by atoms with Crippen molar-refractivity contribution < 1.29 is 4.42 Å². The summed E-state index contributed by atoms with van der Waals surface area (Å²) in [7, 11) is 1.88. The van der Waals surface area contributed by atoms with Crippen LogP contribution in [0.1, 0.15) is 17.5 Å². The summed E-state index contributed by atoms with van der Waals surface area (Å²) >= 11 is 0. The molecule has 0 saturated heterocycles. The highest BCUT2D eigenvalue weighted by atomic mass is 16.3. The Morgan fingerprint density at radius 1 is 1.33 bits per heavy atom. The van der Waals surface area contributed by atoms with Crippen LogP contribution in [0.3, 0.4) is 0 Å². The van der Waals surface area contributed by atoms with Crippen molar-refractivity contribution in [3.8, 4) is 0 Å². The van der Waals surface area contributed by atoms with Crippen LogP contribution in [0.5, 0.6) is 0 Å². The lowest BCUT2D eigenvalue weighted by molar-refractivity contribution is 0.459. The molecule has 2 aromatic heterocycles. The van der Waals surface area contributed by atoms with Crippen LogP contribution in [0.4, 0.5) is 0 Å². The first-order valence-electron chi connectivity index (χ1n) is 5.72. The summed E-state index contributed by atoms with van der Waals surface area (Å²) in [5, 5.41) is 5.21. The Balaban J connectivity index is 2.09. The highest BCUT2D eigenvalue weighted by Gasteiger charge is 2.19. The van der Waals surface area contributed by atoms with Crippen molar-refractivity contribution in [3.05, 3.63) is 54.0 Å². The Hall–Kier alpha value is -2.11. The number of nitrogens with two attached hydrogens (primary N) is 1. The van der Waals surface area contributed by atoms with Crippen molar-refractivity contribution in [1.82, 2.24) is 15.2 Å². The molecular weight excluding hydrogens is 228 g/mol. The van der Waals surface area contributed by atoms with Crippen molar-refractivity contribution in [2.75, 3.05) is 0 Å². The van der Waals surface area contributed by atoms with Crippen LogP contribution in [0, 0.1) is 0 Å². The number of hydrogen-bond acceptors (Lipinski definition) is 4. The first-order chi connectivity index (χ1) is 8.79. The van der Waals surface area contributed by atoms with Gasteiger partial charge in [-0.05, 0) is 18.2 Å².